The zero-order valence-electron chi connectivity index (χ0n) is 10.3. The van der Waals surface area contributed by atoms with E-state index in [2.05, 4.69) is 5.32 Å². The highest BCUT2D eigenvalue weighted by Crippen LogP contribution is 2.28. The second-order valence-electron chi connectivity index (χ2n) is 4.04. The maximum absolute atomic E-state index is 11.6. The summed E-state index contributed by atoms with van der Waals surface area (Å²) in [5, 5.41) is 16.7. The molecule has 0 aliphatic carbocycles. The lowest BCUT2D eigenvalue weighted by atomic mass is 10.2. The van der Waals surface area contributed by atoms with Crippen molar-refractivity contribution in [3.05, 3.63) is 34.2 Å². The third-order valence-corrected chi connectivity index (χ3v) is 4.70. The Labute approximate surface area is 129 Å². The fourth-order valence-corrected chi connectivity index (χ4v) is 3.33. The molecule has 4 nitrogen and oxygen atoms in total. The van der Waals surface area contributed by atoms with Crippen molar-refractivity contribution in [1.29, 1.82) is 0 Å². The van der Waals surface area contributed by atoms with Gasteiger partial charge in [-0.2, -0.15) is 0 Å². The van der Waals surface area contributed by atoms with Crippen LogP contribution in [0.2, 0.25) is 5.02 Å². The van der Waals surface area contributed by atoms with Gasteiger partial charge in [0, 0.05) is 22.0 Å². The fraction of sp³-hybridized carbons (Fsp3) is 0.231. The van der Waals surface area contributed by atoms with Crippen LogP contribution in [0, 0.1) is 0 Å². The molecular formula is C13H11ClNO3S2-. The number of halogens is 1. The number of thiophene rings is 1. The van der Waals surface area contributed by atoms with E-state index < -0.39 is 5.97 Å². The number of carboxylic acids is 1. The van der Waals surface area contributed by atoms with Crippen LogP contribution in [0.15, 0.2) is 23.6 Å². The SMILES string of the molecule is O=C([O-])CSCC(=O)NCc1csc2ccc(Cl)cc12. The summed E-state index contributed by atoms with van der Waals surface area (Å²) in [6.07, 6.45) is 0. The van der Waals surface area contributed by atoms with Crippen molar-refractivity contribution >= 4 is 56.7 Å². The highest BCUT2D eigenvalue weighted by molar-refractivity contribution is 8.00. The molecule has 2 aromatic rings. The van der Waals surface area contributed by atoms with Crippen molar-refractivity contribution < 1.29 is 14.7 Å². The Morgan fingerprint density at radius 1 is 1.35 bits per heavy atom. The molecule has 0 aliphatic heterocycles. The second kappa shape index (κ2) is 6.97. The largest absolute Gasteiger partial charge is 0.549 e. The van der Waals surface area contributed by atoms with Crippen LogP contribution in [0.4, 0.5) is 0 Å². The van der Waals surface area contributed by atoms with E-state index in [-0.39, 0.29) is 17.4 Å². The number of carboxylic acid groups (broad SMARTS) is 1. The molecule has 0 unspecified atom stereocenters. The van der Waals surface area contributed by atoms with Gasteiger partial charge in [-0.05, 0) is 34.5 Å². The number of nitrogens with one attached hydrogen (secondary N) is 1. The van der Waals surface area contributed by atoms with Crippen LogP contribution in [0.1, 0.15) is 5.56 Å². The second-order valence-corrected chi connectivity index (χ2v) is 6.38. The van der Waals surface area contributed by atoms with Crippen molar-refractivity contribution in [3.8, 4) is 0 Å². The molecule has 20 heavy (non-hydrogen) atoms. The standard InChI is InChI=1S/C13H12ClNO3S2/c14-9-1-2-11-10(3-9)8(5-20-11)4-15-12(16)6-19-7-13(17)18/h1-3,5H,4,6-7H2,(H,15,16)(H,17,18)/p-1. The van der Waals surface area contributed by atoms with Gasteiger partial charge in [0.05, 0.1) is 11.7 Å². The molecule has 0 aliphatic rings. The van der Waals surface area contributed by atoms with E-state index >= 15 is 0 Å². The Bertz CT molecular complexity index is 642. The number of rotatable bonds is 6. The first kappa shape index (κ1) is 15.2. The minimum absolute atomic E-state index is 0.108. The summed E-state index contributed by atoms with van der Waals surface area (Å²) in [6.45, 7) is 0.408. The van der Waals surface area contributed by atoms with E-state index in [1.165, 1.54) is 0 Å². The molecule has 106 valence electrons. The Hall–Kier alpha value is -1.24. The quantitative estimate of drug-likeness (QED) is 0.875. The van der Waals surface area contributed by atoms with Crippen LogP contribution in [0.3, 0.4) is 0 Å². The van der Waals surface area contributed by atoms with E-state index in [1.54, 1.807) is 11.3 Å². The predicted octanol–water partition coefficient (Wildman–Crippen LogP) is 1.65. The number of fused-ring (bicyclic) bond motifs is 1. The highest BCUT2D eigenvalue weighted by Gasteiger charge is 2.07. The van der Waals surface area contributed by atoms with Crippen molar-refractivity contribution in [2.75, 3.05) is 11.5 Å². The third-order valence-electron chi connectivity index (χ3n) is 2.54. The molecule has 0 bridgehead atoms. The Balaban J connectivity index is 1.91. The average Bonchev–Trinajstić information content (AvgIpc) is 2.78. The zero-order valence-corrected chi connectivity index (χ0v) is 12.7. The first-order chi connectivity index (χ1) is 9.56. The molecule has 1 aromatic heterocycles. The summed E-state index contributed by atoms with van der Waals surface area (Å²) in [6, 6.07) is 5.66. The van der Waals surface area contributed by atoms with E-state index in [9.17, 15) is 14.7 Å². The van der Waals surface area contributed by atoms with Gasteiger partial charge in [-0.25, -0.2) is 0 Å². The lowest BCUT2D eigenvalue weighted by molar-refractivity contribution is -0.301. The highest BCUT2D eigenvalue weighted by atomic mass is 35.5. The molecule has 0 fully saturated rings. The van der Waals surface area contributed by atoms with Crippen molar-refractivity contribution in [1.82, 2.24) is 5.32 Å². The minimum Gasteiger partial charge on any atom is -0.549 e. The first-order valence-electron chi connectivity index (χ1n) is 5.76. The van der Waals surface area contributed by atoms with E-state index in [0.717, 1.165) is 27.4 Å². The van der Waals surface area contributed by atoms with Crippen molar-refractivity contribution in [2.24, 2.45) is 0 Å². The average molecular weight is 329 g/mol. The lowest BCUT2D eigenvalue weighted by Crippen LogP contribution is -2.28. The first-order valence-corrected chi connectivity index (χ1v) is 8.17. The molecular weight excluding hydrogens is 318 g/mol. The van der Waals surface area contributed by atoms with Gasteiger partial charge in [0.1, 0.15) is 0 Å². The van der Waals surface area contributed by atoms with Crippen LogP contribution in [0.5, 0.6) is 0 Å². The number of aliphatic carboxylic acids is 1. The van der Waals surface area contributed by atoms with Crippen molar-refractivity contribution in [3.63, 3.8) is 0 Å². The predicted molar refractivity (Wildman–Crippen MR) is 81.0 cm³/mol. The molecule has 2 rings (SSSR count). The van der Waals surface area contributed by atoms with Gasteiger partial charge >= 0.3 is 0 Å². The van der Waals surface area contributed by atoms with Crippen LogP contribution in [-0.2, 0) is 16.1 Å². The maximum Gasteiger partial charge on any atom is 0.230 e. The molecule has 1 aromatic carbocycles. The van der Waals surface area contributed by atoms with Crippen LogP contribution >= 0.6 is 34.7 Å². The summed E-state index contributed by atoms with van der Waals surface area (Å²) in [4.78, 5) is 21.8. The summed E-state index contributed by atoms with van der Waals surface area (Å²) >= 11 is 8.58. The summed E-state index contributed by atoms with van der Waals surface area (Å²) in [5.41, 5.74) is 1.01. The van der Waals surface area contributed by atoms with Gasteiger partial charge in [-0.3, -0.25) is 4.79 Å². The maximum atomic E-state index is 11.6. The number of carbonyl (C=O) groups is 2. The normalized spacial score (nSPS) is 10.7. The smallest absolute Gasteiger partial charge is 0.230 e. The Morgan fingerprint density at radius 2 is 2.15 bits per heavy atom. The molecule has 0 spiro atoms. The van der Waals surface area contributed by atoms with E-state index in [4.69, 9.17) is 11.6 Å². The number of hydrogen-bond donors (Lipinski definition) is 1. The lowest BCUT2D eigenvalue weighted by Gasteiger charge is -2.05. The molecule has 0 radical (unpaired) electrons. The van der Waals surface area contributed by atoms with Gasteiger partial charge < -0.3 is 15.2 Å². The monoisotopic (exact) mass is 328 g/mol. The summed E-state index contributed by atoms with van der Waals surface area (Å²) in [7, 11) is 0. The molecule has 7 heteroatoms. The van der Waals surface area contributed by atoms with Crippen LogP contribution < -0.4 is 10.4 Å². The number of hydrogen-bond acceptors (Lipinski definition) is 5. The van der Waals surface area contributed by atoms with Gasteiger partial charge in [0.25, 0.3) is 0 Å². The molecule has 0 atom stereocenters. The molecule has 1 N–H and O–H groups in total. The number of amides is 1. The van der Waals surface area contributed by atoms with Crippen molar-refractivity contribution in [2.45, 2.75) is 6.54 Å². The Morgan fingerprint density at radius 3 is 2.90 bits per heavy atom. The van der Waals surface area contributed by atoms with E-state index in [1.807, 2.05) is 23.6 Å². The topological polar surface area (TPSA) is 69.2 Å². The number of carbonyl (C=O) groups excluding carboxylic acids is 2. The number of benzene rings is 1. The number of thioether (sulfide) groups is 1. The zero-order chi connectivity index (χ0) is 14.5. The van der Waals surface area contributed by atoms with Gasteiger partial charge in [-0.15, -0.1) is 23.1 Å². The minimum atomic E-state index is -1.17. The molecule has 1 heterocycles. The van der Waals surface area contributed by atoms with Crippen LogP contribution in [0.25, 0.3) is 10.1 Å². The summed E-state index contributed by atoms with van der Waals surface area (Å²) in [5.74, 6) is -1.43. The van der Waals surface area contributed by atoms with E-state index in [0.29, 0.717) is 11.6 Å². The summed E-state index contributed by atoms with van der Waals surface area (Å²) < 4.78 is 1.12. The fourth-order valence-electron chi connectivity index (χ4n) is 1.66. The third kappa shape index (κ3) is 4.13. The molecule has 0 saturated heterocycles. The van der Waals surface area contributed by atoms with Gasteiger partial charge in [0.2, 0.25) is 5.91 Å². The molecule has 0 saturated carbocycles. The van der Waals surface area contributed by atoms with Gasteiger partial charge in [-0.1, -0.05) is 11.6 Å². The van der Waals surface area contributed by atoms with Crippen LogP contribution in [-0.4, -0.2) is 23.4 Å². The van der Waals surface area contributed by atoms with Gasteiger partial charge in [0.15, 0.2) is 0 Å². The molecule has 1 amide bonds. The Kier molecular flexibility index (Phi) is 5.28.